The number of carbonyl (C=O) groups excluding carboxylic acids is 1. The second-order valence-electron chi connectivity index (χ2n) is 9.97. The maximum absolute atomic E-state index is 13.0. The summed E-state index contributed by atoms with van der Waals surface area (Å²) in [6.45, 7) is 6.44. The monoisotopic (exact) mass is 531 g/mol. The summed E-state index contributed by atoms with van der Waals surface area (Å²) in [5.74, 6) is 0.249. The molecule has 2 heterocycles. The van der Waals surface area contributed by atoms with E-state index in [2.05, 4.69) is 104 Å². The molecule has 0 aliphatic carbocycles. The van der Waals surface area contributed by atoms with E-state index in [1.165, 1.54) is 27.8 Å². The molecule has 1 saturated heterocycles. The highest BCUT2D eigenvalue weighted by atomic mass is 79.9. The molecule has 3 aromatic rings. The molecule has 1 atom stereocenters. The number of halogens is 1. The first-order chi connectivity index (χ1) is 17.1. The first-order valence-electron chi connectivity index (χ1n) is 12.7. The van der Waals surface area contributed by atoms with Gasteiger partial charge in [0.1, 0.15) is 0 Å². The van der Waals surface area contributed by atoms with Crippen molar-refractivity contribution >= 4 is 21.8 Å². The molecule has 3 aromatic carbocycles. The van der Waals surface area contributed by atoms with Crippen molar-refractivity contribution in [1.82, 2.24) is 15.1 Å². The smallest absolute Gasteiger partial charge is 0.224 e. The third kappa shape index (κ3) is 6.60. The van der Waals surface area contributed by atoms with Crippen molar-refractivity contribution < 1.29 is 4.79 Å². The van der Waals surface area contributed by atoms with Crippen LogP contribution in [0.1, 0.15) is 40.7 Å². The van der Waals surface area contributed by atoms with Crippen molar-refractivity contribution in [3.63, 3.8) is 0 Å². The van der Waals surface area contributed by atoms with E-state index in [4.69, 9.17) is 0 Å². The predicted octanol–water partition coefficient (Wildman–Crippen LogP) is 5.54. The van der Waals surface area contributed by atoms with E-state index in [9.17, 15) is 4.79 Å². The predicted molar refractivity (Wildman–Crippen MR) is 145 cm³/mol. The fourth-order valence-electron chi connectivity index (χ4n) is 5.38. The van der Waals surface area contributed by atoms with Crippen LogP contribution in [0.4, 0.5) is 0 Å². The molecular formula is C30H34BrN3O. The molecule has 2 aliphatic rings. The van der Waals surface area contributed by atoms with Crippen molar-refractivity contribution in [2.75, 3.05) is 19.6 Å². The minimum atomic E-state index is 0.0656. The summed E-state index contributed by atoms with van der Waals surface area (Å²) in [5, 5.41) is 3.22. The van der Waals surface area contributed by atoms with E-state index in [-0.39, 0.29) is 11.8 Å². The third-order valence-electron chi connectivity index (χ3n) is 7.27. The van der Waals surface area contributed by atoms with Crippen LogP contribution in [0, 0.1) is 5.92 Å². The number of likely N-dealkylation sites (tertiary alicyclic amines) is 1. The molecule has 0 spiro atoms. The summed E-state index contributed by atoms with van der Waals surface area (Å²) in [4.78, 5) is 17.9. The number of hydrogen-bond acceptors (Lipinski definition) is 3. The fourth-order valence-corrected chi connectivity index (χ4v) is 5.64. The second kappa shape index (κ2) is 11.5. The standard InChI is InChI=1S/C30H34BrN3O/c31-29-12-10-23(11-13-29)19-33-15-4-9-28(22-33)30(35)32-18-24-5-3-6-25(17-24)20-34-16-14-26-7-1-2-8-27(26)21-34/h1-3,5-8,10-13,17,28H,4,9,14-16,18-22H2,(H,32,35). The van der Waals surface area contributed by atoms with Crippen LogP contribution in [0.3, 0.4) is 0 Å². The van der Waals surface area contributed by atoms with E-state index in [1.54, 1.807) is 0 Å². The van der Waals surface area contributed by atoms with Gasteiger partial charge in [0.05, 0.1) is 5.92 Å². The molecule has 35 heavy (non-hydrogen) atoms. The van der Waals surface area contributed by atoms with Gasteiger partial charge in [-0.2, -0.15) is 0 Å². The zero-order chi connectivity index (χ0) is 24.0. The van der Waals surface area contributed by atoms with Crippen molar-refractivity contribution in [2.45, 2.75) is 45.4 Å². The van der Waals surface area contributed by atoms with Crippen LogP contribution in [0.5, 0.6) is 0 Å². The Morgan fingerprint density at radius 3 is 2.49 bits per heavy atom. The molecule has 0 radical (unpaired) electrons. The van der Waals surface area contributed by atoms with E-state index in [0.717, 1.165) is 63.0 Å². The van der Waals surface area contributed by atoms with Crippen LogP contribution >= 0.6 is 15.9 Å². The Bertz CT molecular complexity index is 1150. The Morgan fingerprint density at radius 2 is 1.63 bits per heavy atom. The Balaban J connectivity index is 1.12. The van der Waals surface area contributed by atoms with Crippen LogP contribution in [-0.2, 0) is 37.4 Å². The molecule has 4 nitrogen and oxygen atoms in total. The van der Waals surface area contributed by atoms with Gasteiger partial charge in [-0.1, -0.05) is 76.6 Å². The normalized spacial score (nSPS) is 18.7. The Labute approximate surface area is 217 Å². The van der Waals surface area contributed by atoms with Crippen LogP contribution in [0.2, 0.25) is 0 Å². The van der Waals surface area contributed by atoms with Crippen molar-refractivity contribution in [3.8, 4) is 0 Å². The highest BCUT2D eigenvalue weighted by molar-refractivity contribution is 9.10. The molecule has 0 saturated carbocycles. The molecule has 0 aromatic heterocycles. The number of benzene rings is 3. The zero-order valence-electron chi connectivity index (χ0n) is 20.3. The molecule has 1 unspecified atom stereocenters. The molecular weight excluding hydrogens is 498 g/mol. The average Bonchev–Trinajstić information content (AvgIpc) is 2.89. The quantitative estimate of drug-likeness (QED) is 0.435. The van der Waals surface area contributed by atoms with Gasteiger partial charge in [-0.15, -0.1) is 0 Å². The minimum Gasteiger partial charge on any atom is -0.352 e. The topological polar surface area (TPSA) is 35.6 Å². The Morgan fingerprint density at radius 1 is 0.857 bits per heavy atom. The maximum atomic E-state index is 13.0. The van der Waals surface area contributed by atoms with E-state index < -0.39 is 0 Å². The Kier molecular flexibility index (Phi) is 7.97. The molecule has 5 heteroatoms. The second-order valence-corrected chi connectivity index (χ2v) is 10.9. The summed E-state index contributed by atoms with van der Waals surface area (Å²) in [7, 11) is 0. The summed E-state index contributed by atoms with van der Waals surface area (Å²) in [6, 6.07) is 26.0. The van der Waals surface area contributed by atoms with E-state index in [0.29, 0.717) is 6.54 Å². The molecule has 182 valence electrons. The van der Waals surface area contributed by atoms with Crippen molar-refractivity contribution in [2.24, 2.45) is 5.92 Å². The summed E-state index contributed by atoms with van der Waals surface area (Å²) in [6.07, 6.45) is 3.16. The number of nitrogens with zero attached hydrogens (tertiary/aromatic N) is 2. The number of amides is 1. The van der Waals surface area contributed by atoms with Gasteiger partial charge in [0.15, 0.2) is 0 Å². The first-order valence-corrected chi connectivity index (χ1v) is 13.5. The zero-order valence-corrected chi connectivity index (χ0v) is 21.8. The van der Waals surface area contributed by atoms with Crippen LogP contribution in [0.15, 0.2) is 77.3 Å². The van der Waals surface area contributed by atoms with Gasteiger partial charge < -0.3 is 5.32 Å². The number of fused-ring (bicyclic) bond motifs is 1. The van der Waals surface area contributed by atoms with Gasteiger partial charge in [-0.05, 0) is 65.8 Å². The Hall–Kier alpha value is -2.47. The fraction of sp³-hybridized carbons (Fsp3) is 0.367. The highest BCUT2D eigenvalue weighted by Crippen LogP contribution is 2.22. The number of rotatable bonds is 7. The molecule has 1 N–H and O–H groups in total. The first kappa shape index (κ1) is 24.2. The number of nitrogens with one attached hydrogen (secondary N) is 1. The lowest BCUT2D eigenvalue weighted by Crippen LogP contribution is -2.42. The van der Waals surface area contributed by atoms with Crippen LogP contribution in [-0.4, -0.2) is 35.3 Å². The SMILES string of the molecule is O=C(NCc1cccc(CN2CCc3ccccc3C2)c1)C1CCCN(Cc2ccc(Br)cc2)C1. The largest absolute Gasteiger partial charge is 0.352 e. The van der Waals surface area contributed by atoms with Crippen molar-refractivity contribution in [1.29, 1.82) is 0 Å². The summed E-state index contributed by atoms with van der Waals surface area (Å²) < 4.78 is 1.10. The van der Waals surface area contributed by atoms with Gasteiger partial charge in [0.25, 0.3) is 0 Å². The minimum absolute atomic E-state index is 0.0656. The lowest BCUT2D eigenvalue weighted by Gasteiger charge is -2.32. The number of carbonyl (C=O) groups is 1. The van der Waals surface area contributed by atoms with Gasteiger partial charge >= 0.3 is 0 Å². The molecule has 2 aliphatic heterocycles. The van der Waals surface area contributed by atoms with E-state index >= 15 is 0 Å². The number of hydrogen-bond donors (Lipinski definition) is 1. The maximum Gasteiger partial charge on any atom is 0.224 e. The van der Waals surface area contributed by atoms with Gasteiger partial charge in [0, 0.05) is 43.7 Å². The van der Waals surface area contributed by atoms with Gasteiger partial charge in [-0.25, -0.2) is 0 Å². The van der Waals surface area contributed by atoms with E-state index in [1.807, 2.05) is 0 Å². The van der Waals surface area contributed by atoms with Crippen LogP contribution in [0.25, 0.3) is 0 Å². The molecule has 1 amide bonds. The molecule has 0 bridgehead atoms. The highest BCUT2D eigenvalue weighted by Gasteiger charge is 2.25. The summed E-state index contributed by atoms with van der Waals surface area (Å²) >= 11 is 3.50. The van der Waals surface area contributed by atoms with Crippen LogP contribution < -0.4 is 5.32 Å². The van der Waals surface area contributed by atoms with Crippen molar-refractivity contribution in [3.05, 3.63) is 105 Å². The lowest BCUT2D eigenvalue weighted by atomic mass is 9.96. The molecule has 1 fully saturated rings. The average molecular weight is 533 g/mol. The lowest BCUT2D eigenvalue weighted by molar-refractivity contribution is -0.126. The molecule has 5 rings (SSSR count). The van der Waals surface area contributed by atoms with Gasteiger partial charge in [0.2, 0.25) is 5.91 Å². The number of piperidine rings is 1. The van der Waals surface area contributed by atoms with Gasteiger partial charge in [-0.3, -0.25) is 14.6 Å². The summed E-state index contributed by atoms with van der Waals surface area (Å²) in [5.41, 5.74) is 6.72. The third-order valence-corrected chi connectivity index (χ3v) is 7.80.